The molecule has 0 atom stereocenters. The Labute approximate surface area is 154 Å². The molecule has 0 radical (unpaired) electrons. The summed E-state index contributed by atoms with van der Waals surface area (Å²) in [6.07, 6.45) is 3.08. The first-order chi connectivity index (χ1) is 13.1. The van der Waals surface area contributed by atoms with Crippen molar-refractivity contribution in [2.45, 2.75) is 13.3 Å². The van der Waals surface area contributed by atoms with Crippen LogP contribution in [0.1, 0.15) is 24.6 Å². The van der Waals surface area contributed by atoms with E-state index in [9.17, 15) is 14.0 Å². The number of benzene rings is 1. The van der Waals surface area contributed by atoms with E-state index in [1.54, 1.807) is 37.5 Å². The summed E-state index contributed by atoms with van der Waals surface area (Å²) in [5.41, 5.74) is 3.02. The minimum absolute atomic E-state index is 0.150. The number of esters is 1. The second kappa shape index (κ2) is 6.68. The van der Waals surface area contributed by atoms with E-state index in [1.807, 2.05) is 0 Å². The van der Waals surface area contributed by atoms with E-state index >= 15 is 0 Å². The van der Waals surface area contributed by atoms with Crippen molar-refractivity contribution in [2.75, 3.05) is 11.9 Å². The number of H-pyrrole nitrogens is 1. The van der Waals surface area contributed by atoms with Crippen LogP contribution in [0.3, 0.4) is 0 Å². The normalized spacial score (nSPS) is 13.9. The number of anilines is 1. The Morgan fingerprint density at radius 3 is 2.93 bits per heavy atom. The second-order valence-corrected chi connectivity index (χ2v) is 6.11. The fourth-order valence-corrected chi connectivity index (χ4v) is 3.29. The Bertz CT molecular complexity index is 1090. The molecule has 0 saturated carbocycles. The van der Waals surface area contributed by atoms with E-state index in [0.29, 0.717) is 33.4 Å². The van der Waals surface area contributed by atoms with E-state index in [-0.39, 0.29) is 24.5 Å². The number of aromatic nitrogens is 2. The molecular formula is C20H16FN3O3. The van der Waals surface area contributed by atoms with E-state index in [1.165, 1.54) is 12.1 Å². The number of amides is 1. The number of carbonyl (C=O) groups is 2. The van der Waals surface area contributed by atoms with Crippen LogP contribution < -0.4 is 5.32 Å². The lowest BCUT2D eigenvalue weighted by Gasteiger charge is -2.11. The highest BCUT2D eigenvalue weighted by Crippen LogP contribution is 2.40. The summed E-state index contributed by atoms with van der Waals surface area (Å²) in [6.45, 7) is 1.89. The fraction of sp³-hybridized carbons (Fsp3) is 0.150. The van der Waals surface area contributed by atoms with Gasteiger partial charge in [-0.1, -0.05) is 6.07 Å². The molecule has 7 heteroatoms. The van der Waals surface area contributed by atoms with Crippen molar-refractivity contribution in [3.8, 4) is 0 Å². The van der Waals surface area contributed by atoms with Crippen LogP contribution in [0.15, 0.2) is 48.3 Å². The number of aromatic amines is 1. The number of halogens is 1. The molecule has 0 bridgehead atoms. The van der Waals surface area contributed by atoms with Crippen LogP contribution in [-0.2, 0) is 14.3 Å². The molecular weight excluding hydrogens is 349 g/mol. The molecule has 1 aliphatic rings. The number of nitrogens with one attached hydrogen (secondary N) is 2. The number of hydrogen-bond acceptors (Lipinski definition) is 4. The van der Waals surface area contributed by atoms with Gasteiger partial charge in [-0.2, -0.15) is 0 Å². The first-order valence-corrected chi connectivity index (χ1v) is 8.50. The molecule has 6 nitrogen and oxygen atoms in total. The van der Waals surface area contributed by atoms with Gasteiger partial charge in [0.2, 0.25) is 5.91 Å². The molecule has 4 rings (SSSR count). The standard InChI is InChI=1S/C20H16FN3O3/c1-2-27-20(26)14-9-16(25)24-18-13-8-12(21)5-6-15(13)23-19(18)17(14)11-4-3-7-22-10-11/h3-8,10,23H,2,9H2,1H3,(H,24,25). The van der Waals surface area contributed by atoms with E-state index in [2.05, 4.69) is 15.3 Å². The van der Waals surface area contributed by atoms with Crippen LogP contribution >= 0.6 is 0 Å². The van der Waals surface area contributed by atoms with Crippen LogP contribution in [-0.4, -0.2) is 28.5 Å². The van der Waals surface area contributed by atoms with Gasteiger partial charge in [0.05, 0.1) is 30.0 Å². The Hall–Kier alpha value is -3.48. The van der Waals surface area contributed by atoms with Gasteiger partial charge >= 0.3 is 5.97 Å². The van der Waals surface area contributed by atoms with Crippen LogP contribution in [0.2, 0.25) is 0 Å². The lowest BCUT2D eigenvalue weighted by atomic mass is 9.96. The molecule has 0 fully saturated rings. The largest absolute Gasteiger partial charge is 0.463 e. The van der Waals surface area contributed by atoms with Gasteiger partial charge in [-0.25, -0.2) is 9.18 Å². The van der Waals surface area contributed by atoms with Crippen molar-refractivity contribution >= 4 is 34.0 Å². The van der Waals surface area contributed by atoms with Gasteiger partial charge in [0.15, 0.2) is 0 Å². The molecule has 0 aliphatic carbocycles. The molecule has 2 N–H and O–H groups in total. The predicted molar refractivity (Wildman–Crippen MR) is 98.4 cm³/mol. The zero-order valence-electron chi connectivity index (χ0n) is 14.5. The molecule has 136 valence electrons. The van der Waals surface area contributed by atoms with Gasteiger partial charge in [-0.05, 0) is 31.2 Å². The third-order valence-corrected chi connectivity index (χ3v) is 4.39. The zero-order valence-corrected chi connectivity index (χ0v) is 14.5. The lowest BCUT2D eigenvalue weighted by molar-refractivity contribution is -0.139. The quantitative estimate of drug-likeness (QED) is 0.697. The second-order valence-electron chi connectivity index (χ2n) is 6.11. The molecule has 1 amide bonds. The molecule has 1 aliphatic heterocycles. The maximum Gasteiger partial charge on any atom is 0.335 e. The third kappa shape index (κ3) is 2.97. The van der Waals surface area contributed by atoms with Crippen molar-refractivity contribution in [3.05, 3.63) is 65.4 Å². The fourth-order valence-electron chi connectivity index (χ4n) is 3.29. The predicted octanol–water partition coefficient (Wildman–Crippen LogP) is 3.41. The first-order valence-electron chi connectivity index (χ1n) is 8.50. The highest BCUT2D eigenvalue weighted by molar-refractivity contribution is 6.16. The van der Waals surface area contributed by atoms with Crippen LogP contribution in [0.5, 0.6) is 0 Å². The van der Waals surface area contributed by atoms with Crippen molar-refractivity contribution in [1.29, 1.82) is 0 Å². The van der Waals surface area contributed by atoms with Crippen molar-refractivity contribution in [2.24, 2.45) is 0 Å². The summed E-state index contributed by atoms with van der Waals surface area (Å²) < 4.78 is 19.0. The number of rotatable bonds is 3. The average Bonchev–Trinajstić information content (AvgIpc) is 2.91. The van der Waals surface area contributed by atoms with Crippen molar-refractivity contribution in [3.63, 3.8) is 0 Å². The smallest absolute Gasteiger partial charge is 0.335 e. The third-order valence-electron chi connectivity index (χ3n) is 4.39. The maximum absolute atomic E-state index is 13.8. The minimum Gasteiger partial charge on any atom is -0.463 e. The molecule has 2 aromatic heterocycles. The molecule has 3 aromatic rings. The first kappa shape index (κ1) is 17.0. The van der Waals surface area contributed by atoms with Crippen LogP contribution in [0.25, 0.3) is 16.5 Å². The van der Waals surface area contributed by atoms with Crippen molar-refractivity contribution < 1.29 is 18.7 Å². The number of ether oxygens (including phenoxy) is 1. The Morgan fingerprint density at radius 2 is 2.19 bits per heavy atom. The van der Waals surface area contributed by atoms with Gasteiger partial charge < -0.3 is 15.0 Å². The maximum atomic E-state index is 13.8. The van der Waals surface area contributed by atoms with Gasteiger partial charge in [-0.3, -0.25) is 9.78 Å². The Balaban J connectivity index is 2.06. The lowest BCUT2D eigenvalue weighted by Crippen LogP contribution is -2.16. The summed E-state index contributed by atoms with van der Waals surface area (Å²) in [5.74, 6) is -1.35. The molecule has 1 aromatic carbocycles. The van der Waals surface area contributed by atoms with Gasteiger partial charge in [-0.15, -0.1) is 0 Å². The molecule has 0 saturated heterocycles. The molecule has 0 spiro atoms. The average molecular weight is 365 g/mol. The number of carbonyl (C=O) groups excluding carboxylic acids is 2. The summed E-state index contributed by atoms with van der Waals surface area (Å²) >= 11 is 0. The van der Waals surface area contributed by atoms with E-state index in [4.69, 9.17) is 4.74 Å². The number of pyridine rings is 1. The monoisotopic (exact) mass is 365 g/mol. The summed E-state index contributed by atoms with van der Waals surface area (Å²) in [5, 5.41) is 3.32. The van der Waals surface area contributed by atoms with Crippen LogP contribution in [0, 0.1) is 5.82 Å². The summed E-state index contributed by atoms with van der Waals surface area (Å²) in [4.78, 5) is 32.4. The highest BCUT2D eigenvalue weighted by Gasteiger charge is 2.30. The van der Waals surface area contributed by atoms with Gasteiger partial charge in [0.25, 0.3) is 0 Å². The molecule has 27 heavy (non-hydrogen) atoms. The summed E-state index contributed by atoms with van der Waals surface area (Å²) in [6, 6.07) is 7.82. The van der Waals surface area contributed by atoms with Crippen molar-refractivity contribution in [1.82, 2.24) is 9.97 Å². The highest BCUT2D eigenvalue weighted by atomic mass is 19.1. The SMILES string of the molecule is CCOC(=O)C1=C(c2cccnc2)c2[nH]c3ccc(F)cc3c2NC(=O)C1. The Kier molecular flexibility index (Phi) is 4.19. The van der Waals surface area contributed by atoms with E-state index in [0.717, 1.165) is 0 Å². The van der Waals surface area contributed by atoms with E-state index < -0.39 is 11.8 Å². The number of hydrogen-bond donors (Lipinski definition) is 2. The Morgan fingerprint density at radius 1 is 1.33 bits per heavy atom. The zero-order chi connectivity index (χ0) is 19.0. The minimum atomic E-state index is -0.566. The number of fused-ring (bicyclic) bond motifs is 3. The van der Waals surface area contributed by atoms with Crippen LogP contribution in [0.4, 0.5) is 10.1 Å². The van der Waals surface area contributed by atoms with Gasteiger partial charge in [0.1, 0.15) is 5.82 Å². The molecule has 3 heterocycles. The number of nitrogens with zero attached hydrogens (tertiary/aromatic N) is 1. The summed E-state index contributed by atoms with van der Waals surface area (Å²) in [7, 11) is 0. The van der Waals surface area contributed by atoms with Gasteiger partial charge in [0, 0.05) is 34.4 Å². The topological polar surface area (TPSA) is 84.1 Å². The molecule has 0 unspecified atom stereocenters.